The van der Waals surface area contributed by atoms with Crippen molar-refractivity contribution in [1.82, 2.24) is 4.90 Å². The van der Waals surface area contributed by atoms with E-state index in [4.69, 9.17) is 24.1 Å². The summed E-state index contributed by atoms with van der Waals surface area (Å²) in [6.07, 6.45) is 27.9. The van der Waals surface area contributed by atoms with Gasteiger partial charge in [-0.15, -0.1) is 0 Å². The molecular formula is C31H61NO5. The number of likely N-dealkylation sites (tertiary alicyclic amines) is 1. The minimum Gasteiger partial charge on any atom is -0.373 e. The van der Waals surface area contributed by atoms with Crippen LogP contribution >= 0.6 is 0 Å². The van der Waals surface area contributed by atoms with Crippen molar-refractivity contribution in [3.63, 3.8) is 0 Å². The van der Waals surface area contributed by atoms with Gasteiger partial charge in [0.2, 0.25) is 0 Å². The predicted octanol–water partition coefficient (Wildman–Crippen LogP) is 7.24. The van der Waals surface area contributed by atoms with Crippen LogP contribution < -0.4 is 0 Å². The summed E-state index contributed by atoms with van der Waals surface area (Å²) in [5.41, 5.74) is 0. The Bertz CT molecular complexity index is 471. The van der Waals surface area contributed by atoms with Crippen LogP contribution in [0.15, 0.2) is 12.2 Å². The number of allylic oxidation sites excluding steroid dienone is 2. The van der Waals surface area contributed by atoms with Gasteiger partial charge in [-0.3, -0.25) is 0 Å². The maximum Gasteiger partial charge on any atom is 0.146 e. The van der Waals surface area contributed by atoms with Crippen LogP contribution in [-0.4, -0.2) is 75.8 Å². The van der Waals surface area contributed by atoms with E-state index in [0.717, 1.165) is 25.9 Å². The van der Waals surface area contributed by atoms with Crippen molar-refractivity contribution < 1.29 is 24.1 Å². The number of hydrogen-bond donors (Lipinski definition) is 1. The van der Waals surface area contributed by atoms with E-state index in [2.05, 4.69) is 24.0 Å². The summed E-state index contributed by atoms with van der Waals surface area (Å²) >= 11 is 0. The molecule has 1 aliphatic heterocycles. The van der Waals surface area contributed by atoms with Crippen molar-refractivity contribution in [2.45, 2.75) is 129 Å². The van der Waals surface area contributed by atoms with Crippen LogP contribution in [0.3, 0.4) is 0 Å². The van der Waals surface area contributed by atoms with Crippen molar-refractivity contribution in [3.8, 4) is 0 Å². The van der Waals surface area contributed by atoms with E-state index in [1.165, 1.54) is 116 Å². The summed E-state index contributed by atoms with van der Waals surface area (Å²) in [6, 6.07) is 0. The van der Waals surface area contributed by atoms with Gasteiger partial charge >= 0.3 is 0 Å². The van der Waals surface area contributed by atoms with Crippen molar-refractivity contribution in [1.29, 1.82) is 0 Å². The molecule has 6 heteroatoms. The van der Waals surface area contributed by atoms with Crippen molar-refractivity contribution in [2.24, 2.45) is 0 Å². The minimum absolute atomic E-state index is 0.158. The number of rotatable bonds is 29. The first kappa shape index (κ1) is 34.5. The third kappa shape index (κ3) is 24.3. The highest BCUT2D eigenvalue weighted by molar-refractivity contribution is 4.81. The largest absolute Gasteiger partial charge is 0.373 e. The molecule has 1 aliphatic rings. The standard InChI is InChI=1S/C31H61NO5/c1-2-3-4-5-6-7-8-9-10-11-12-13-14-15-16-20-25-34-30-36-28-31(27-35-29-33)37-26-21-19-24-32-22-17-18-23-32/h6-7,31,33H,2-5,8-30H2,1H3/b7-6-. The van der Waals surface area contributed by atoms with Crippen molar-refractivity contribution >= 4 is 0 Å². The zero-order valence-corrected chi connectivity index (χ0v) is 24.4. The van der Waals surface area contributed by atoms with Crippen LogP contribution in [0.5, 0.6) is 0 Å². The highest BCUT2D eigenvalue weighted by Gasteiger charge is 2.12. The third-order valence-corrected chi connectivity index (χ3v) is 7.09. The van der Waals surface area contributed by atoms with Crippen LogP contribution in [0.4, 0.5) is 0 Å². The first-order valence-electron chi connectivity index (χ1n) is 15.7. The molecule has 1 heterocycles. The van der Waals surface area contributed by atoms with Gasteiger partial charge in [0.25, 0.3) is 0 Å². The molecule has 1 unspecified atom stereocenters. The SMILES string of the molecule is CCCCC/C=C\CCCCCCCCCCCOCOCC(COCO)OCCCCN1CCCC1. The lowest BCUT2D eigenvalue weighted by Crippen LogP contribution is -2.27. The van der Waals surface area contributed by atoms with Crippen LogP contribution in [0.2, 0.25) is 0 Å². The zero-order valence-electron chi connectivity index (χ0n) is 24.4. The molecule has 6 nitrogen and oxygen atoms in total. The molecule has 0 bridgehead atoms. The second-order valence-corrected chi connectivity index (χ2v) is 10.6. The molecule has 0 aromatic heterocycles. The molecule has 1 N–H and O–H groups in total. The molecule has 0 spiro atoms. The van der Waals surface area contributed by atoms with Gasteiger partial charge in [0.15, 0.2) is 0 Å². The molecule has 0 aromatic carbocycles. The Labute approximate surface area is 229 Å². The summed E-state index contributed by atoms with van der Waals surface area (Å²) in [6.45, 7) is 8.17. The maximum absolute atomic E-state index is 8.94. The molecule has 220 valence electrons. The number of nitrogens with zero attached hydrogens (tertiary/aromatic N) is 1. The van der Waals surface area contributed by atoms with E-state index >= 15 is 0 Å². The Morgan fingerprint density at radius 3 is 1.95 bits per heavy atom. The second-order valence-electron chi connectivity index (χ2n) is 10.6. The lowest BCUT2D eigenvalue weighted by molar-refractivity contribution is -0.121. The van der Waals surface area contributed by atoms with Gasteiger partial charge in [0.1, 0.15) is 19.7 Å². The molecule has 37 heavy (non-hydrogen) atoms. The van der Waals surface area contributed by atoms with Gasteiger partial charge in [-0.1, -0.05) is 76.9 Å². The average molecular weight is 528 g/mol. The van der Waals surface area contributed by atoms with E-state index in [0.29, 0.717) is 26.6 Å². The molecule has 0 amide bonds. The molecule has 1 saturated heterocycles. The molecule has 0 saturated carbocycles. The maximum atomic E-state index is 8.94. The number of aliphatic hydroxyl groups is 1. The summed E-state index contributed by atoms with van der Waals surface area (Å²) < 4.78 is 22.3. The average Bonchev–Trinajstić information content (AvgIpc) is 3.43. The van der Waals surface area contributed by atoms with Gasteiger partial charge in [-0.2, -0.15) is 0 Å². The van der Waals surface area contributed by atoms with E-state index in [-0.39, 0.29) is 12.9 Å². The molecule has 0 radical (unpaired) electrons. The first-order chi connectivity index (χ1) is 18.4. The Hall–Kier alpha value is -0.500. The van der Waals surface area contributed by atoms with Crippen LogP contribution in [0.1, 0.15) is 122 Å². The fourth-order valence-corrected chi connectivity index (χ4v) is 4.77. The Morgan fingerprint density at radius 2 is 1.27 bits per heavy atom. The van der Waals surface area contributed by atoms with Gasteiger partial charge in [0, 0.05) is 13.2 Å². The van der Waals surface area contributed by atoms with E-state index in [9.17, 15) is 0 Å². The van der Waals surface area contributed by atoms with Gasteiger partial charge in [-0.25, -0.2) is 0 Å². The second kappa shape index (κ2) is 28.5. The highest BCUT2D eigenvalue weighted by atomic mass is 16.7. The summed E-state index contributed by atoms with van der Waals surface area (Å²) in [5, 5.41) is 8.94. The minimum atomic E-state index is -0.290. The fourth-order valence-electron chi connectivity index (χ4n) is 4.77. The first-order valence-corrected chi connectivity index (χ1v) is 15.7. The molecule has 1 fully saturated rings. The predicted molar refractivity (Wildman–Crippen MR) is 154 cm³/mol. The monoisotopic (exact) mass is 527 g/mol. The molecule has 1 atom stereocenters. The van der Waals surface area contributed by atoms with Gasteiger partial charge in [0.05, 0.1) is 13.2 Å². The van der Waals surface area contributed by atoms with E-state index in [1.807, 2.05) is 0 Å². The topological polar surface area (TPSA) is 60.4 Å². The van der Waals surface area contributed by atoms with E-state index in [1.54, 1.807) is 0 Å². The van der Waals surface area contributed by atoms with Crippen molar-refractivity contribution in [3.05, 3.63) is 12.2 Å². The number of unbranched alkanes of at least 4 members (excludes halogenated alkanes) is 13. The summed E-state index contributed by atoms with van der Waals surface area (Å²) in [4.78, 5) is 2.53. The normalized spacial score (nSPS) is 15.3. The molecule has 1 rings (SSSR count). The quantitative estimate of drug-likeness (QED) is 0.0628. The number of ether oxygens (including phenoxy) is 4. The number of aliphatic hydroxyl groups excluding tert-OH is 1. The lowest BCUT2D eigenvalue weighted by Gasteiger charge is -2.18. The molecule has 0 aliphatic carbocycles. The Kier molecular flexibility index (Phi) is 26.6. The number of hydrogen-bond acceptors (Lipinski definition) is 6. The summed E-state index contributed by atoms with van der Waals surface area (Å²) in [7, 11) is 0. The van der Waals surface area contributed by atoms with Gasteiger partial charge in [-0.05, 0) is 77.4 Å². The van der Waals surface area contributed by atoms with Gasteiger partial charge < -0.3 is 29.0 Å². The fraction of sp³-hybridized carbons (Fsp3) is 0.935. The zero-order chi connectivity index (χ0) is 26.5. The summed E-state index contributed by atoms with van der Waals surface area (Å²) in [5.74, 6) is 0. The van der Waals surface area contributed by atoms with Crippen LogP contribution in [-0.2, 0) is 18.9 Å². The highest BCUT2D eigenvalue weighted by Crippen LogP contribution is 2.12. The van der Waals surface area contributed by atoms with Crippen molar-refractivity contribution in [2.75, 3.05) is 59.6 Å². The van der Waals surface area contributed by atoms with E-state index < -0.39 is 0 Å². The molecule has 0 aromatic rings. The molecular weight excluding hydrogens is 466 g/mol. The van der Waals surface area contributed by atoms with Crippen LogP contribution in [0, 0.1) is 0 Å². The Balaban J connectivity index is 1.82. The Morgan fingerprint density at radius 1 is 0.676 bits per heavy atom. The third-order valence-electron chi connectivity index (χ3n) is 7.09. The lowest BCUT2D eigenvalue weighted by atomic mass is 10.1. The smallest absolute Gasteiger partial charge is 0.146 e. The van der Waals surface area contributed by atoms with Crippen LogP contribution in [0.25, 0.3) is 0 Å².